The standard InChI is InChI=1S/C12H27NO3/c1-5-6-14-8-11(3)16-12(4)9-15-7-10(2)13/h10-12H,5-9,13H2,1-4H3. The van der Waals surface area contributed by atoms with Gasteiger partial charge in [-0.2, -0.15) is 0 Å². The van der Waals surface area contributed by atoms with Crippen LogP contribution in [-0.2, 0) is 14.2 Å². The maximum absolute atomic E-state index is 5.69. The van der Waals surface area contributed by atoms with Gasteiger partial charge in [0.05, 0.1) is 32.0 Å². The van der Waals surface area contributed by atoms with Gasteiger partial charge in [0.15, 0.2) is 0 Å². The minimum Gasteiger partial charge on any atom is -0.379 e. The van der Waals surface area contributed by atoms with Crippen LogP contribution in [0.15, 0.2) is 0 Å². The second kappa shape index (κ2) is 10.0. The Morgan fingerprint density at radius 1 is 0.938 bits per heavy atom. The highest BCUT2D eigenvalue weighted by atomic mass is 16.6. The zero-order valence-corrected chi connectivity index (χ0v) is 11.1. The summed E-state index contributed by atoms with van der Waals surface area (Å²) in [6.07, 6.45) is 1.24. The van der Waals surface area contributed by atoms with Crippen molar-refractivity contribution in [2.24, 2.45) is 5.73 Å². The Morgan fingerprint density at radius 3 is 2.00 bits per heavy atom. The van der Waals surface area contributed by atoms with Crippen LogP contribution in [-0.4, -0.2) is 44.7 Å². The number of hydrogen-bond donors (Lipinski definition) is 1. The van der Waals surface area contributed by atoms with E-state index in [-0.39, 0.29) is 18.2 Å². The summed E-state index contributed by atoms with van der Waals surface area (Å²) in [6, 6.07) is 0.0810. The van der Waals surface area contributed by atoms with Crippen molar-refractivity contribution in [1.29, 1.82) is 0 Å². The van der Waals surface area contributed by atoms with Crippen LogP contribution in [0.2, 0.25) is 0 Å². The van der Waals surface area contributed by atoms with Crippen LogP contribution >= 0.6 is 0 Å². The van der Waals surface area contributed by atoms with Crippen molar-refractivity contribution >= 4 is 0 Å². The van der Waals surface area contributed by atoms with E-state index in [4.69, 9.17) is 19.9 Å². The summed E-state index contributed by atoms with van der Waals surface area (Å²) < 4.78 is 16.5. The van der Waals surface area contributed by atoms with E-state index in [1.54, 1.807) is 0 Å². The van der Waals surface area contributed by atoms with Crippen molar-refractivity contribution in [3.8, 4) is 0 Å². The summed E-state index contributed by atoms with van der Waals surface area (Å²) in [7, 11) is 0. The first-order chi connectivity index (χ1) is 7.56. The fourth-order valence-corrected chi connectivity index (χ4v) is 1.29. The summed E-state index contributed by atoms with van der Waals surface area (Å²) in [5.74, 6) is 0. The third kappa shape index (κ3) is 10.4. The predicted octanol–water partition coefficient (Wildman–Crippen LogP) is 1.57. The minimum atomic E-state index is 0.0810. The lowest BCUT2D eigenvalue weighted by molar-refractivity contribution is -0.0713. The quantitative estimate of drug-likeness (QED) is 0.582. The Kier molecular flexibility index (Phi) is 9.92. The predicted molar refractivity (Wildman–Crippen MR) is 65.6 cm³/mol. The van der Waals surface area contributed by atoms with Gasteiger partial charge in [0.2, 0.25) is 0 Å². The highest BCUT2D eigenvalue weighted by molar-refractivity contribution is 4.56. The van der Waals surface area contributed by atoms with Crippen molar-refractivity contribution in [3.05, 3.63) is 0 Å². The highest BCUT2D eigenvalue weighted by Crippen LogP contribution is 2.00. The van der Waals surface area contributed by atoms with E-state index in [0.717, 1.165) is 13.0 Å². The Morgan fingerprint density at radius 2 is 1.50 bits per heavy atom. The van der Waals surface area contributed by atoms with E-state index in [0.29, 0.717) is 19.8 Å². The molecule has 3 unspecified atom stereocenters. The highest BCUT2D eigenvalue weighted by Gasteiger charge is 2.09. The van der Waals surface area contributed by atoms with Gasteiger partial charge in [-0.3, -0.25) is 0 Å². The first kappa shape index (κ1) is 15.8. The van der Waals surface area contributed by atoms with Crippen molar-refractivity contribution in [2.75, 3.05) is 26.4 Å². The lowest BCUT2D eigenvalue weighted by Crippen LogP contribution is -2.28. The van der Waals surface area contributed by atoms with E-state index in [2.05, 4.69) is 6.92 Å². The summed E-state index contributed by atoms with van der Waals surface area (Å²) in [5.41, 5.74) is 5.58. The zero-order valence-electron chi connectivity index (χ0n) is 11.1. The van der Waals surface area contributed by atoms with Gasteiger partial charge < -0.3 is 19.9 Å². The molecule has 16 heavy (non-hydrogen) atoms. The maximum Gasteiger partial charge on any atom is 0.0785 e. The van der Waals surface area contributed by atoms with Crippen molar-refractivity contribution in [3.63, 3.8) is 0 Å². The third-order valence-electron chi connectivity index (χ3n) is 1.90. The van der Waals surface area contributed by atoms with E-state index in [1.807, 2.05) is 20.8 Å². The molecule has 0 aromatic carbocycles. The zero-order chi connectivity index (χ0) is 12.4. The van der Waals surface area contributed by atoms with Gasteiger partial charge in [-0.15, -0.1) is 0 Å². The van der Waals surface area contributed by atoms with Crippen molar-refractivity contribution < 1.29 is 14.2 Å². The third-order valence-corrected chi connectivity index (χ3v) is 1.90. The topological polar surface area (TPSA) is 53.7 Å². The molecule has 0 rings (SSSR count). The molecule has 0 saturated carbocycles. The maximum atomic E-state index is 5.69. The molecule has 0 fully saturated rings. The van der Waals surface area contributed by atoms with E-state index < -0.39 is 0 Å². The molecular weight excluding hydrogens is 206 g/mol. The average molecular weight is 233 g/mol. The normalized spacial score (nSPS) is 17.1. The lowest BCUT2D eigenvalue weighted by atomic mass is 10.3. The number of nitrogens with two attached hydrogens (primary N) is 1. The molecular formula is C12H27NO3. The van der Waals surface area contributed by atoms with Crippen LogP contribution in [0.25, 0.3) is 0 Å². The number of ether oxygens (including phenoxy) is 3. The molecule has 0 saturated heterocycles. The van der Waals surface area contributed by atoms with Crippen LogP contribution in [0.5, 0.6) is 0 Å². The van der Waals surface area contributed by atoms with Crippen LogP contribution in [0.1, 0.15) is 34.1 Å². The van der Waals surface area contributed by atoms with Gasteiger partial charge in [0.1, 0.15) is 0 Å². The molecule has 0 bridgehead atoms. The molecule has 0 aromatic rings. The molecule has 0 aliphatic rings. The molecule has 0 amide bonds. The van der Waals surface area contributed by atoms with Crippen LogP contribution in [0, 0.1) is 0 Å². The molecule has 0 aliphatic carbocycles. The minimum absolute atomic E-state index is 0.0810. The van der Waals surface area contributed by atoms with Gasteiger partial charge in [0.25, 0.3) is 0 Å². The molecule has 0 spiro atoms. The Labute approximate surface area is 99.4 Å². The second-order valence-electron chi connectivity index (χ2n) is 4.35. The lowest BCUT2D eigenvalue weighted by Gasteiger charge is -2.19. The molecule has 0 heterocycles. The van der Waals surface area contributed by atoms with Gasteiger partial charge in [-0.05, 0) is 27.2 Å². The van der Waals surface area contributed by atoms with E-state index in [1.165, 1.54) is 0 Å². The van der Waals surface area contributed by atoms with Gasteiger partial charge in [0, 0.05) is 12.6 Å². The van der Waals surface area contributed by atoms with E-state index in [9.17, 15) is 0 Å². The van der Waals surface area contributed by atoms with Crippen LogP contribution in [0.3, 0.4) is 0 Å². The summed E-state index contributed by atoms with van der Waals surface area (Å²) in [6.45, 7) is 10.6. The molecule has 2 N–H and O–H groups in total. The van der Waals surface area contributed by atoms with Crippen molar-refractivity contribution in [1.82, 2.24) is 0 Å². The smallest absolute Gasteiger partial charge is 0.0785 e. The molecule has 0 aromatic heterocycles. The molecule has 0 aliphatic heterocycles. The molecule has 0 radical (unpaired) electrons. The Balaban J connectivity index is 3.42. The molecule has 4 heteroatoms. The molecule has 4 nitrogen and oxygen atoms in total. The fraction of sp³-hybridized carbons (Fsp3) is 1.00. The first-order valence-electron chi connectivity index (χ1n) is 6.12. The average Bonchev–Trinajstić information content (AvgIpc) is 2.17. The Hall–Kier alpha value is -0.160. The molecule has 98 valence electrons. The van der Waals surface area contributed by atoms with Crippen molar-refractivity contribution in [2.45, 2.75) is 52.4 Å². The van der Waals surface area contributed by atoms with Gasteiger partial charge >= 0.3 is 0 Å². The SMILES string of the molecule is CCCOCC(C)OC(C)COCC(C)N. The second-order valence-corrected chi connectivity index (χ2v) is 4.35. The summed E-state index contributed by atoms with van der Waals surface area (Å²) >= 11 is 0. The van der Waals surface area contributed by atoms with Crippen LogP contribution < -0.4 is 5.73 Å². The molecule has 3 atom stereocenters. The Bertz CT molecular complexity index is 153. The van der Waals surface area contributed by atoms with E-state index >= 15 is 0 Å². The van der Waals surface area contributed by atoms with Crippen LogP contribution in [0.4, 0.5) is 0 Å². The number of rotatable bonds is 10. The van der Waals surface area contributed by atoms with Gasteiger partial charge in [-0.1, -0.05) is 6.92 Å². The van der Waals surface area contributed by atoms with Gasteiger partial charge in [-0.25, -0.2) is 0 Å². The summed E-state index contributed by atoms with van der Waals surface area (Å²) in [4.78, 5) is 0. The summed E-state index contributed by atoms with van der Waals surface area (Å²) in [5, 5.41) is 0. The first-order valence-corrected chi connectivity index (χ1v) is 6.12. The fourth-order valence-electron chi connectivity index (χ4n) is 1.29. The number of hydrogen-bond acceptors (Lipinski definition) is 4. The largest absolute Gasteiger partial charge is 0.379 e. The monoisotopic (exact) mass is 233 g/mol.